The minimum atomic E-state index is -0.189. The Bertz CT molecular complexity index is 3750. The number of rotatable bonds is 4. The maximum absolute atomic E-state index is 2.70. The average molecular weight is 926 g/mol. The second kappa shape index (κ2) is 14.6. The number of benzene rings is 8. The molecule has 0 N–H and O–H groups in total. The van der Waals surface area contributed by atoms with E-state index in [0.717, 1.165) is 17.1 Å². The molecule has 0 atom stereocenters. The molecule has 0 fully saturated rings. The van der Waals surface area contributed by atoms with Crippen LogP contribution in [0.15, 0.2) is 164 Å². The van der Waals surface area contributed by atoms with Crippen LogP contribution in [0.1, 0.15) is 104 Å². The topological polar surface area (TPSA) is 11.4 Å². The molecule has 0 bridgehead atoms. The van der Waals surface area contributed by atoms with Gasteiger partial charge in [0.1, 0.15) is 0 Å². The van der Waals surface area contributed by atoms with Crippen molar-refractivity contribution in [1.82, 2.24) is 4.57 Å². The lowest BCUT2D eigenvalue weighted by Crippen LogP contribution is -2.60. The van der Waals surface area contributed by atoms with E-state index in [1.807, 2.05) is 11.3 Å². The van der Waals surface area contributed by atoms with Crippen LogP contribution in [-0.2, 0) is 21.7 Å². The summed E-state index contributed by atoms with van der Waals surface area (Å²) in [5.41, 5.74) is 22.9. The molecular weight excluding hydrogens is 866 g/mol. The van der Waals surface area contributed by atoms with Crippen molar-refractivity contribution >= 4 is 99.6 Å². The molecule has 1 aliphatic carbocycles. The molecule has 0 spiro atoms. The van der Waals surface area contributed by atoms with Gasteiger partial charge in [0.25, 0.3) is 6.71 Å². The highest BCUT2D eigenvalue weighted by Crippen LogP contribution is 2.56. The number of hydrogen-bond donors (Lipinski definition) is 0. The lowest BCUT2D eigenvalue weighted by molar-refractivity contribution is 0.590. The number of para-hydroxylation sites is 1. The van der Waals surface area contributed by atoms with Gasteiger partial charge >= 0.3 is 0 Å². The fraction of sp³-hybridized carbons (Fsp3) is 0.231. The summed E-state index contributed by atoms with van der Waals surface area (Å²) in [4.78, 5) is 5.19. The molecule has 0 saturated carbocycles. The Labute approximate surface area is 418 Å². The molecular formula is C65H60BN3S. The van der Waals surface area contributed by atoms with Gasteiger partial charge < -0.3 is 14.4 Å². The second-order valence-electron chi connectivity index (χ2n) is 23.8. The zero-order chi connectivity index (χ0) is 48.4. The van der Waals surface area contributed by atoms with Gasteiger partial charge in [-0.25, -0.2) is 0 Å². The molecule has 0 radical (unpaired) electrons. The van der Waals surface area contributed by atoms with Crippen LogP contribution in [0.3, 0.4) is 0 Å². The zero-order valence-electron chi connectivity index (χ0n) is 42.4. The molecule has 3 nitrogen and oxygen atoms in total. The highest BCUT2D eigenvalue weighted by Gasteiger charge is 2.47. The molecule has 70 heavy (non-hydrogen) atoms. The van der Waals surface area contributed by atoms with Gasteiger partial charge in [-0.3, -0.25) is 0 Å². The predicted octanol–water partition coefficient (Wildman–Crippen LogP) is 16.3. The van der Waals surface area contributed by atoms with E-state index in [1.54, 1.807) is 0 Å². The Hall–Kier alpha value is -6.82. The van der Waals surface area contributed by atoms with Gasteiger partial charge in [0, 0.05) is 70.5 Å². The molecule has 0 amide bonds. The van der Waals surface area contributed by atoms with Crippen LogP contribution in [-0.4, -0.2) is 11.3 Å². The van der Waals surface area contributed by atoms with Gasteiger partial charge in [-0.2, -0.15) is 0 Å². The van der Waals surface area contributed by atoms with Crippen LogP contribution < -0.4 is 26.2 Å². The minimum absolute atomic E-state index is 0.00733. The minimum Gasteiger partial charge on any atom is -0.311 e. The van der Waals surface area contributed by atoms with Crippen LogP contribution in [0.25, 0.3) is 48.0 Å². The molecule has 5 heteroatoms. The molecule has 0 saturated heterocycles. The summed E-state index contributed by atoms with van der Waals surface area (Å²) in [6.07, 6.45) is 0. The average Bonchev–Trinajstić information content (AvgIpc) is 3.97. The lowest BCUT2D eigenvalue weighted by Gasteiger charge is -2.42. The van der Waals surface area contributed by atoms with E-state index in [1.165, 1.54) is 109 Å². The molecule has 344 valence electrons. The maximum atomic E-state index is 2.70. The summed E-state index contributed by atoms with van der Waals surface area (Å²) in [6.45, 7) is 25.7. The van der Waals surface area contributed by atoms with Crippen molar-refractivity contribution in [1.29, 1.82) is 0 Å². The van der Waals surface area contributed by atoms with Crippen LogP contribution in [0, 0.1) is 0 Å². The summed E-state index contributed by atoms with van der Waals surface area (Å²) in [6, 6.07) is 63.5. The highest BCUT2D eigenvalue weighted by atomic mass is 32.1. The van der Waals surface area contributed by atoms with E-state index in [-0.39, 0.29) is 28.4 Å². The number of fused-ring (bicyclic) bond motifs is 12. The SMILES string of the molecule is CC(C)(C)c1ccc(N(c2ccc(C(C)(C)C)cc2)c2cc3c4c(c2)-n2c5c(c6cccc(c62)B4c2ccc(C(C)(C)C)cc2N3c2cccc3sc4ccccc4c23)C(C)(C)c2ccccc2-5)cc1. The number of thiophene rings is 1. The fourth-order valence-electron chi connectivity index (χ4n) is 12.4. The molecule has 2 aliphatic heterocycles. The molecule has 3 aliphatic rings. The van der Waals surface area contributed by atoms with E-state index in [9.17, 15) is 0 Å². The first-order chi connectivity index (χ1) is 33.4. The van der Waals surface area contributed by atoms with Crippen molar-refractivity contribution in [2.24, 2.45) is 0 Å². The third-order valence-corrected chi connectivity index (χ3v) is 17.2. The summed E-state index contributed by atoms with van der Waals surface area (Å²) < 4.78 is 5.31. The monoisotopic (exact) mass is 925 g/mol. The van der Waals surface area contributed by atoms with Gasteiger partial charge in [-0.15, -0.1) is 11.3 Å². The summed E-state index contributed by atoms with van der Waals surface area (Å²) >= 11 is 1.89. The van der Waals surface area contributed by atoms with Crippen molar-refractivity contribution in [3.05, 3.63) is 192 Å². The number of anilines is 6. The van der Waals surface area contributed by atoms with Crippen LogP contribution in [0.5, 0.6) is 0 Å². The maximum Gasteiger partial charge on any atom is 0.252 e. The van der Waals surface area contributed by atoms with Gasteiger partial charge in [0.15, 0.2) is 0 Å². The quantitative estimate of drug-likeness (QED) is 0.163. The molecule has 4 heterocycles. The van der Waals surface area contributed by atoms with E-state index in [0.29, 0.717) is 0 Å². The van der Waals surface area contributed by atoms with Crippen molar-refractivity contribution in [2.75, 3.05) is 9.80 Å². The normalized spacial score (nSPS) is 14.6. The molecule has 10 aromatic rings. The van der Waals surface area contributed by atoms with Crippen molar-refractivity contribution in [3.8, 4) is 16.9 Å². The Morgan fingerprint density at radius 3 is 1.76 bits per heavy atom. The van der Waals surface area contributed by atoms with Gasteiger partial charge in [0.05, 0.1) is 17.1 Å². The smallest absolute Gasteiger partial charge is 0.252 e. The first-order valence-electron chi connectivity index (χ1n) is 25.2. The van der Waals surface area contributed by atoms with Crippen LogP contribution >= 0.6 is 11.3 Å². The van der Waals surface area contributed by atoms with Crippen LogP contribution in [0.4, 0.5) is 34.1 Å². The first-order valence-corrected chi connectivity index (χ1v) is 26.0. The number of nitrogens with zero attached hydrogens (tertiary/aromatic N) is 3. The Kier molecular flexibility index (Phi) is 9.03. The number of aromatic nitrogens is 1. The fourth-order valence-corrected chi connectivity index (χ4v) is 13.6. The molecule has 8 aromatic carbocycles. The Morgan fingerprint density at radius 2 is 1.07 bits per heavy atom. The highest BCUT2D eigenvalue weighted by molar-refractivity contribution is 7.26. The van der Waals surface area contributed by atoms with E-state index >= 15 is 0 Å². The summed E-state index contributed by atoms with van der Waals surface area (Å²) in [7, 11) is 0. The second-order valence-corrected chi connectivity index (χ2v) is 24.9. The van der Waals surface area contributed by atoms with Crippen molar-refractivity contribution in [2.45, 2.75) is 97.8 Å². The van der Waals surface area contributed by atoms with Gasteiger partial charge in [0.2, 0.25) is 0 Å². The van der Waals surface area contributed by atoms with Crippen molar-refractivity contribution < 1.29 is 0 Å². The molecule has 2 aromatic heterocycles. The number of hydrogen-bond acceptors (Lipinski definition) is 3. The largest absolute Gasteiger partial charge is 0.311 e. The summed E-state index contributed by atoms with van der Waals surface area (Å²) in [5, 5.41) is 3.95. The van der Waals surface area contributed by atoms with E-state index < -0.39 is 0 Å². The Morgan fingerprint density at radius 1 is 0.486 bits per heavy atom. The third kappa shape index (κ3) is 6.13. The van der Waals surface area contributed by atoms with E-state index in [4.69, 9.17) is 0 Å². The van der Waals surface area contributed by atoms with Gasteiger partial charge in [-0.05, 0) is 121 Å². The van der Waals surface area contributed by atoms with E-state index in [2.05, 4.69) is 254 Å². The van der Waals surface area contributed by atoms with Crippen molar-refractivity contribution in [3.63, 3.8) is 0 Å². The first kappa shape index (κ1) is 43.2. The molecule has 0 unspecified atom stereocenters. The Balaban J connectivity index is 1.20. The predicted molar refractivity (Wildman–Crippen MR) is 304 cm³/mol. The third-order valence-electron chi connectivity index (χ3n) is 16.0. The van der Waals surface area contributed by atoms with Crippen LogP contribution in [0.2, 0.25) is 0 Å². The molecule has 13 rings (SSSR count). The summed E-state index contributed by atoms with van der Waals surface area (Å²) in [5.74, 6) is 0. The standard InChI is InChI=1S/C65H60BN3S/c1-62(2,3)39-26-31-42(32-27-39)67(43-33-28-40(29-34-43)63(4,5)6)44-37-53-59-54(38-44)69-60-47(58-61(69)45-18-12-14-21-48(45)65(58,10)11)20-16-22-50(60)66(59)49-35-30-41(64(7,8)9)36-52(49)68(53)51-23-17-25-56-57(51)46-19-13-15-24-55(46)70-56/h12-38H,1-11H3. The van der Waals surface area contributed by atoms with Gasteiger partial charge in [-0.1, -0.05) is 179 Å². The zero-order valence-corrected chi connectivity index (χ0v) is 43.2. The lowest BCUT2D eigenvalue weighted by atomic mass is 9.33.